The van der Waals surface area contributed by atoms with Crippen LogP contribution in [0, 0.1) is 0 Å². The van der Waals surface area contributed by atoms with E-state index in [0.29, 0.717) is 24.3 Å². The summed E-state index contributed by atoms with van der Waals surface area (Å²) in [5.41, 5.74) is -0.281. The van der Waals surface area contributed by atoms with Crippen molar-refractivity contribution in [2.45, 2.75) is 18.4 Å². The number of urea groups is 1. The number of amides is 4. The van der Waals surface area contributed by atoms with Crippen molar-refractivity contribution in [3.63, 3.8) is 0 Å². The SMILES string of the molecule is COc1ccc(NC(=O)CN2C(=O)NC3(CCN(C)CC3)C2=O)cc1. The summed E-state index contributed by atoms with van der Waals surface area (Å²) in [6, 6.07) is 6.33. The van der Waals surface area contributed by atoms with Gasteiger partial charge in [-0.05, 0) is 44.2 Å². The molecule has 8 nitrogen and oxygen atoms in total. The van der Waals surface area contributed by atoms with Gasteiger partial charge in [-0.25, -0.2) is 4.79 Å². The number of hydrogen-bond donors (Lipinski definition) is 2. The summed E-state index contributed by atoms with van der Waals surface area (Å²) in [4.78, 5) is 40.2. The number of benzene rings is 1. The van der Waals surface area contributed by atoms with Gasteiger partial charge in [0.2, 0.25) is 5.91 Å². The molecule has 0 saturated carbocycles. The molecule has 2 fully saturated rings. The molecule has 0 atom stereocenters. The zero-order chi connectivity index (χ0) is 18.0. The fraction of sp³-hybridized carbons (Fsp3) is 0.471. The van der Waals surface area contributed by atoms with E-state index in [4.69, 9.17) is 4.74 Å². The Kier molecular flexibility index (Phi) is 4.63. The van der Waals surface area contributed by atoms with E-state index in [-0.39, 0.29) is 12.5 Å². The predicted octanol–water partition coefficient (Wildman–Crippen LogP) is 0.650. The van der Waals surface area contributed by atoms with Crippen molar-refractivity contribution >= 4 is 23.5 Å². The molecule has 1 spiro atoms. The monoisotopic (exact) mass is 346 g/mol. The fourth-order valence-electron chi connectivity index (χ4n) is 3.18. The Balaban J connectivity index is 1.62. The molecule has 1 aromatic carbocycles. The van der Waals surface area contributed by atoms with Crippen molar-refractivity contribution in [2.24, 2.45) is 0 Å². The normalized spacial score (nSPS) is 19.8. The lowest BCUT2D eigenvalue weighted by Gasteiger charge is -2.35. The lowest BCUT2D eigenvalue weighted by molar-refractivity contribution is -0.135. The first-order chi connectivity index (χ1) is 11.9. The van der Waals surface area contributed by atoms with Gasteiger partial charge >= 0.3 is 6.03 Å². The summed E-state index contributed by atoms with van der Waals surface area (Å²) in [7, 11) is 3.54. The van der Waals surface area contributed by atoms with Crippen molar-refractivity contribution in [2.75, 3.05) is 39.1 Å². The van der Waals surface area contributed by atoms with Gasteiger partial charge in [0.05, 0.1) is 7.11 Å². The molecule has 2 saturated heterocycles. The average molecular weight is 346 g/mol. The second kappa shape index (κ2) is 6.72. The summed E-state index contributed by atoms with van der Waals surface area (Å²) in [6.07, 6.45) is 1.12. The van der Waals surface area contributed by atoms with Crippen LogP contribution in [-0.2, 0) is 9.59 Å². The van der Waals surface area contributed by atoms with Crippen LogP contribution in [0.4, 0.5) is 10.5 Å². The van der Waals surface area contributed by atoms with Gasteiger partial charge in [0.1, 0.15) is 17.8 Å². The Bertz CT molecular complexity index is 680. The van der Waals surface area contributed by atoms with Gasteiger partial charge in [0, 0.05) is 18.8 Å². The average Bonchev–Trinajstić information content (AvgIpc) is 2.83. The summed E-state index contributed by atoms with van der Waals surface area (Å²) < 4.78 is 5.06. The topological polar surface area (TPSA) is 91.0 Å². The summed E-state index contributed by atoms with van der Waals surface area (Å²) >= 11 is 0. The van der Waals surface area contributed by atoms with Gasteiger partial charge in [0.15, 0.2) is 0 Å². The first-order valence-electron chi connectivity index (χ1n) is 8.20. The molecule has 3 rings (SSSR count). The van der Waals surface area contributed by atoms with Gasteiger partial charge in [-0.3, -0.25) is 14.5 Å². The zero-order valence-corrected chi connectivity index (χ0v) is 14.4. The molecule has 0 aromatic heterocycles. The molecular formula is C17H22N4O4. The van der Waals surface area contributed by atoms with Crippen molar-refractivity contribution in [3.05, 3.63) is 24.3 Å². The number of likely N-dealkylation sites (tertiary alicyclic amines) is 1. The molecule has 2 aliphatic rings. The van der Waals surface area contributed by atoms with Crippen molar-refractivity contribution in [3.8, 4) is 5.75 Å². The molecule has 0 aliphatic carbocycles. The quantitative estimate of drug-likeness (QED) is 0.781. The van der Waals surface area contributed by atoms with E-state index in [0.717, 1.165) is 18.0 Å². The Labute approximate surface area is 146 Å². The number of carbonyl (C=O) groups excluding carboxylic acids is 3. The smallest absolute Gasteiger partial charge is 0.325 e. The van der Waals surface area contributed by atoms with Crippen LogP contribution in [0.25, 0.3) is 0 Å². The third-order valence-corrected chi connectivity index (χ3v) is 4.76. The van der Waals surface area contributed by atoms with Gasteiger partial charge in [-0.2, -0.15) is 0 Å². The van der Waals surface area contributed by atoms with E-state index in [1.807, 2.05) is 7.05 Å². The van der Waals surface area contributed by atoms with E-state index >= 15 is 0 Å². The minimum atomic E-state index is -0.857. The molecule has 4 amide bonds. The van der Waals surface area contributed by atoms with Crippen LogP contribution < -0.4 is 15.4 Å². The van der Waals surface area contributed by atoms with Crippen LogP contribution in [0.5, 0.6) is 5.75 Å². The maximum Gasteiger partial charge on any atom is 0.325 e. The largest absolute Gasteiger partial charge is 0.497 e. The molecule has 25 heavy (non-hydrogen) atoms. The molecule has 0 radical (unpaired) electrons. The molecule has 134 valence electrons. The number of imide groups is 1. The summed E-state index contributed by atoms with van der Waals surface area (Å²) in [6.45, 7) is 1.17. The zero-order valence-electron chi connectivity index (χ0n) is 14.4. The van der Waals surface area contributed by atoms with Crippen LogP contribution in [0.3, 0.4) is 0 Å². The van der Waals surface area contributed by atoms with E-state index < -0.39 is 17.5 Å². The summed E-state index contributed by atoms with van der Waals surface area (Å²) in [5, 5.41) is 5.47. The lowest BCUT2D eigenvalue weighted by Crippen LogP contribution is -2.54. The predicted molar refractivity (Wildman–Crippen MR) is 91.3 cm³/mol. The standard InChI is InChI=1S/C17H22N4O4/c1-20-9-7-17(8-10-20)15(23)21(16(24)19-17)11-14(22)18-12-3-5-13(25-2)6-4-12/h3-6H,7-11H2,1-2H3,(H,18,22)(H,19,24). The second-order valence-electron chi connectivity index (χ2n) is 6.48. The highest BCUT2D eigenvalue weighted by atomic mass is 16.5. The van der Waals surface area contributed by atoms with Crippen LogP contribution in [0.2, 0.25) is 0 Å². The van der Waals surface area contributed by atoms with Crippen LogP contribution >= 0.6 is 0 Å². The number of carbonyl (C=O) groups is 3. The number of rotatable bonds is 4. The van der Waals surface area contributed by atoms with Crippen LogP contribution in [0.15, 0.2) is 24.3 Å². The lowest BCUT2D eigenvalue weighted by atomic mass is 9.88. The minimum absolute atomic E-state index is 0.297. The van der Waals surface area contributed by atoms with Crippen molar-refractivity contribution < 1.29 is 19.1 Å². The highest BCUT2D eigenvalue weighted by molar-refractivity contribution is 6.10. The number of hydrogen-bond acceptors (Lipinski definition) is 5. The Morgan fingerprint density at radius 3 is 2.48 bits per heavy atom. The van der Waals surface area contributed by atoms with Crippen molar-refractivity contribution in [1.82, 2.24) is 15.1 Å². The van der Waals surface area contributed by atoms with E-state index in [1.54, 1.807) is 31.4 Å². The number of methoxy groups -OCH3 is 1. The van der Waals surface area contributed by atoms with E-state index in [9.17, 15) is 14.4 Å². The maximum absolute atomic E-state index is 12.7. The molecule has 8 heteroatoms. The fourth-order valence-corrected chi connectivity index (χ4v) is 3.18. The van der Waals surface area contributed by atoms with Gasteiger partial charge in [0.25, 0.3) is 5.91 Å². The molecule has 2 heterocycles. The Morgan fingerprint density at radius 1 is 1.24 bits per heavy atom. The minimum Gasteiger partial charge on any atom is -0.497 e. The number of nitrogens with zero attached hydrogens (tertiary/aromatic N) is 2. The van der Waals surface area contributed by atoms with E-state index in [1.165, 1.54) is 0 Å². The van der Waals surface area contributed by atoms with Crippen molar-refractivity contribution in [1.29, 1.82) is 0 Å². The first kappa shape index (κ1) is 17.2. The molecule has 0 bridgehead atoms. The Hall–Kier alpha value is -2.61. The maximum atomic E-state index is 12.7. The second-order valence-corrected chi connectivity index (χ2v) is 6.48. The van der Waals surface area contributed by atoms with E-state index in [2.05, 4.69) is 15.5 Å². The van der Waals surface area contributed by atoms with Gasteiger partial charge < -0.3 is 20.3 Å². The highest BCUT2D eigenvalue weighted by Crippen LogP contribution is 2.28. The third-order valence-electron chi connectivity index (χ3n) is 4.76. The Morgan fingerprint density at radius 2 is 1.88 bits per heavy atom. The van der Waals surface area contributed by atoms with Crippen LogP contribution in [0.1, 0.15) is 12.8 Å². The molecule has 2 N–H and O–H groups in total. The summed E-state index contributed by atoms with van der Waals surface area (Å²) in [5.74, 6) is -0.0505. The number of ether oxygens (including phenoxy) is 1. The number of anilines is 1. The molecule has 0 unspecified atom stereocenters. The molecule has 1 aromatic rings. The number of piperidine rings is 1. The first-order valence-corrected chi connectivity index (χ1v) is 8.20. The third kappa shape index (κ3) is 3.43. The molecular weight excluding hydrogens is 324 g/mol. The van der Waals surface area contributed by atoms with Gasteiger partial charge in [-0.1, -0.05) is 0 Å². The number of nitrogens with one attached hydrogen (secondary N) is 2. The molecule has 2 aliphatic heterocycles. The highest BCUT2D eigenvalue weighted by Gasteiger charge is 2.52. The van der Waals surface area contributed by atoms with Gasteiger partial charge in [-0.15, -0.1) is 0 Å². The van der Waals surface area contributed by atoms with Crippen LogP contribution in [-0.4, -0.2) is 67.0 Å².